The van der Waals surface area contributed by atoms with E-state index < -0.39 is 5.92 Å². The van der Waals surface area contributed by atoms with Gasteiger partial charge in [-0.3, -0.25) is 19.6 Å². The molecule has 6 heteroatoms. The number of rotatable bonds is 4. The first-order chi connectivity index (χ1) is 10.0. The number of amides is 1. The number of hydrogen-bond donors (Lipinski definition) is 0. The molecule has 1 saturated heterocycles. The van der Waals surface area contributed by atoms with E-state index in [0.717, 1.165) is 25.7 Å². The summed E-state index contributed by atoms with van der Waals surface area (Å²) < 4.78 is 5.10. The third kappa shape index (κ3) is 3.61. The van der Waals surface area contributed by atoms with E-state index >= 15 is 0 Å². The summed E-state index contributed by atoms with van der Waals surface area (Å²) in [6.07, 6.45) is 5.55. The van der Waals surface area contributed by atoms with Crippen molar-refractivity contribution < 1.29 is 14.3 Å². The molecule has 1 atom stereocenters. The van der Waals surface area contributed by atoms with Crippen molar-refractivity contribution >= 4 is 17.6 Å². The van der Waals surface area contributed by atoms with Gasteiger partial charge in [0.05, 0.1) is 19.2 Å². The summed E-state index contributed by atoms with van der Waals surface area (Å²) >= 11 is 0. The van der Waals surface area contributed by atoms with Crippen LogP contribution in [-0.2, 0) is 14.3 Å². The van der Waals surface area contributed by atoms with Gasteiger partial charge in [0, 0.05) is 14.1 Å². The molecule has 118 valence electrons. The summed E-state index contributed by atoms with van der Waals surface area (Å²) in [5.41, 5.74) is 0.383. The van der Waals surface area contributed by atoms with Gasteiger partial charge in [0.2, 0.25) is 0 Å². The van der Waals surface area contributed by atoms with Gasteiger partial charge in [-0.2, -0.15) is 0 Å². The van der Waals surface area contributed by atoms with Crippen molar-refractivity contribution in [3.63, 3.8) is 0 Å². The molecule has 0 bridgehead atoms. The lowest BCUT2D eigenvalue weighted by Crippen LogP contribution is -2.39. The van der Waals surface area contributed by atoms with Gasteiger partial charge in [-0.25, -0.2) is 5.01 Å². The molecule has 1 heterocycles. The number of carbonyl (C=O) groups is 2. The molecule has 1 aliphatic carbocycles. The molecular weight excluding hydrogens is 270 g/mol. The van der Waals surface area contributed by atoms with Gasteiger partial charge in [-0.05, 0) is 19.8 Å². The zero-order valence-electron chi connectivity index (χ0n) is 13.2. The number of esters is 1. The molecule has 2 aliphatic rings. The smallest absolute Gasteiger partial charge is 0.317 e. The van der Waals surface area contributed by atoms with Crippen LogP contribution in [0, 0.1) is 5.92 Å². The quantitative estimate of drug-likeness (QED) is 0.733. The van der Waals surface area contributed by atoms with Gasteiger partial charge in [0.1, 0.15) is 11.6 Å². The number of ether oxygens (including phenoxy) is 1. The second kappa shape index (κ2) is 7.02. The maximum Gasteiger partial charge on any atom is 0.317 e. The summed E-state index contributed by atoms with van der Waals surface area (Å²) in [6.45, 7) is 2.43. The Morgan fingerprint density at radius 3 is 2.57 bits per heavy atom. The molecule has 21 heavy (non-hydrogen) atoms. The largest absolute Gasteiger partial charge is 0.465 e. The van der Waals surface area contributed by atoms with Crippen molar-refractivity contribution in [1.82, 2.24) is 10.0 Å². The summed E-state index contributed by atoms with van der Waals surface area (Å²) in [4.78, 5) is 29.2. The van der Waals surface area contributed by atoms with Gasteiger partial charge in [0.25, 0.3) is 5.91 Å². The van der Waals surface area contributed by atoms with E-state index in [4.69, 9.17) is 4.74 Å². The van der Waals surface area contributed by atoms with Gasteiger partial charge in [0.15, 0.2) is 0 Å². The van der Waals surface area contributed by atoms with Crippen molar-refractivity contribution in [3.05, 3.63) is 0 Å². The lowest BCUT2D eigenvalue weighted by molar-refractivity contribution is -0.146. The van der Waals surface area contributed by atoms with Crippen LogP contribution in [0.4, 0.5) is 0 Å². The second-order valence-electron chi connectivity index (χ2n) is 5.85. The Bertz CT molecular complexity index is 428. The zero-order chi connectivity index (χ0) is 15.4. The SMILES string of the molecule is CCOC(=O)[C@H]1CN(N(C)C)C(=O)C1=NC1CCCCC1. The highest BCUT2D eigenvalue weighted by Gasteiger charge is 2.43. The molecule has 1 aliphatic heterocycles. The fourth-order valence-electron chi connectivity index (χ4n) is 2.95. The monoisotopic (exact) mass is 295 g/mol. The van der Waals surface area contributed by atoms with E-state index in [2.05, 4.69) is 4.99 Å². The predicted octanol–water partition coefficient (Wildman–Crippen LogP) is 1.26. The van der Waals surface area contributed by atoms with Crippen LogP contribution in [0.25, 0.3) is 0 Å². The Morgan fingerprint density at radius 1 is 1.33 bits per heavy atom. The van der Waals surface area contributed by atoms with Crippen LogP contribution in [-0.4, -0.2) is 60.9 Å². The highest BCUT2D eigenvalue weighted by molar-refractivity contribution is 6.44. The lowest BCUT2D eigenvalue weighted by atomic mass is 9.95. The van der Waals surface area contributed by atoms with Crippen molar-refractivity contribution in [1.29, 1.82) is 0 Å². The van der Waals surface area contributed by atoms with Crippen LogP contribution in [0.1, 0.15) is 39.0 Å². The standard InChI is InChI=1S/C15H25N3O3/c1-4-21-15(20)12-10-18(17(2)3)14(19)13(12)16-11-8-6-5-7-9-11/h11-12H,4-10H2,1-3H3/t12-/m0/s1. The molecular formula is C15H25N3O3. The van der Waals surface area contributed by atoms with E-state index in [0.29, 0.717) is 18.9 Å². The fourth-order valence-corrected chi connectivity index (χ4v) is 2.95. The highest BCUT2D eigenvalue weighted by Crippen LogP contribution is 2.24. The van der Waals surface area contributed by atoms with Crippen LogP contribution in [0.3, 0.4) is 0 Å². The Kier molecular flexibility index (Phi) is 5.33. The topological polar surface area (TPSA) is 62.2 Å². The van der Waals surface area contributed by atoms with Crippen molar-refractivity contribution in [2.24, 2.45) is 10.9 Å². The van der Waals surface area contributed by atoms with Crippen LogP contribution in [0.2, 0.25) is 0 Å². The first-order valence-corrected chi connectivity index (χ1v) is 7.78. The van der Waals surface area contributed by atoms with Gasteiger partial charge in [-0.1, -0.05) is 19.3 Å². The number of nitrogens with zero attached hydrogens (tertiary/aromatic N) is 3. The van der Waals surface area contributed by atoms with Crippen molar-refractivity contribution in [2.75, 3.05) is 27.2 Å². The minimum Gasteiger partial charge on any atom is -0.465 e. The zero-order valence-corrected chi connectivity index (χ0v) is 13.2. The maximum atomic E-state index is 12.5. The van der Waals surface area contributed by atoms with E-state index in [9.17, 15) is 9.59 Å². The average molecular weight is 295 g/mol. The molecule has 0 radical (unpaired) electrons. The van der Waals surface area contributed by atoms with Gasteiger partial charge >= 0.3 is 5.97 Å². The van der Waals surface area contributed by atoms with E-state index in [-0.39, 0.29) is 17.9 Å². The number of hydrogen-bond acceptors (Lipinski definition) is 5. The summed E-state index contributed by atoms with van der Waals surface area (Å²) in [6, 6.07) is 0.178. The predicted molar refractivity (Wildman–Crippen MR) is 79.8 cm³/mol. The molecule has 0 aromatic heterocycles. The summed E-state index contributed by atoms with van der Waals surface area (Å²) in [7, 11) is 3.59. The summed E-state index contributed by atoms with van der Waals surface area (Å²) in [5, 5.41) is 3.27. The molecule has 6 nitrogen and oxygen atoms in total. The Labute approximate surface area is 126 Å². The van der Waals surface area contributed by atoms with Crippen molar-refractivity contribution in [3.8, 4) is 0 Å². The molecule has 0 aromatic rings. The molecule has 0 spiro atoms. The highest BCUT2D eigenvalue weighted by atomic mass is 16.5. The first-order valence-electron chi connectivity index (χ1n) is 7.78. The van der Waals surface area contributed by atoms with E-state index in [1.54, 1.807) is 31.0 Å². The Hall–Kier alpha value is -1.43. The van der Waals surface area contributed by atoms with Gasteiger partial charge < -0.3 is 4.74 Å². The third-order valence-corrected chi connectivity index (χ3v) is 4.09. The van der Waals surface area contributed by atoms with Crippen LogP contribution in [0.5, 0.6) is 0 Å². The first kappa shape index (κ1) is 15.9. The van der Waals surface area contributed by atoms with Gasteiger partial charge in [-0.15, -0.1) is 0 Å². The third-order valence-electron chi connectivity index (χ3n) is 4.09. The Balaban J connectivity index is 2.21. The second-order valence-corrected chi connectivity index (χ2v) is 5.85. The Morgan fingerprint density at radius 2 is 2.00 bits per heavy atom. The molecule has 1 amide bonds. The van der Waals surface area contributed by atoms with E-state index in [1.165, 1.54) is 6.42 Å². The molecule has 1 saturated carbocycles. The minimum atomic E-state index is -0.554. The van der Waals surface area contributed by atoms with Crippen LogP contribution < -0.4 is 0 Å². The maximum absolute atomic E-state index is 12.5. The molecule has 0 aromatic carbocycles. The number of hydrazine groups is 1. The van der Waals surface area contributed by atoms with Crippen molar-refractivity contribution in [2.45, 2.75) is 45.1 Å². The van der Waals surface area contributed by atoms with E-state index in [1.807, 2.05) is 0 Å². The average Bonchev–Trinajstić information content (AvgIpc) is 2.78. The minimum absolute atomic E-state index is 0.163. The number of aliphatic imine (C=N–C) groups is 1. The normalized spacial score (nSPS) is 25.9. The van der Waals surface area contributed by atoms with Crippen LogP contribution in [0.15, 0.2) is 4.99 Å². The molecule has 0 N–H and O–H groups in total. The summed E-state index contributed by atoms with van der Waals surface area (Å²) in [5.74, 6) is -1.06. The molecule has 0 unspecified atom stereocenters. The van der Waals surface area contributed by atoms with Crippen LogP contribution >= 0.6 is 0 Å². The molecule has 2 fully saturated rings. The number of carbonyl (C=O) groups excluding carboxylic acids is 2. The fraction of sp³-hybridized carbons (Fsp3) is 0.800. The lowest BCUT2D eigenvalue weighted by Gasteiger charge is -2.23. The molecule has 2 rings (SSSR count).